The SMILES string of the molecule is CCCCNc1c(Cl)cc([N+](=O)[O-])cc1C(=O)O. The summed E-state index contributed by atoms with van der Waals surface area (Å²) >= 11 is 5.87. The lowest BCUT2D eigenvalue weighted by atomic mass is 10.1. The first-order valence-corrected chi connectivity index (χ1v) is 5.80. The van der Waals surface area contributed by atoms with Crippen molar-refractivity contribution in [3.05, 3.63) is 32.8 Å². The van der Waals surface area contributed by atoms with Crippen molar-refractivity contribution >= 4 is 28.9 Å². The third kappa shape index (κ3) is 3.33. The van der Waals surface area contributed by atoms with Gasteiger partial charge in [-0.3, -0.25) is 10.1 Å². The van der Waals surface area contributed by atoms with Gasteiger partial charge in [-0.1, -0.05) is 24.9 Å². The maximum atomic E-state index is 11.1. The molecule has 0 fully saturated rings. The van der Waals surface area contributed by atoms with Gasteiger partial charge in [-0.05, 0) is 6.42 Å². The third-order valence-electron chi connectivity index (χ3n) is 2.35. The highest BCUT2D eigenvalue weighted by Gasteiger charge is 2.19. The van der Waals surface area contributed by atoms with Crippen LogP contribution < -0.4 is 5.32 Å². The van der Waals surface area contributed by atoms with Crippen LogP contribution in [-0.4, -0.2) is 22.5 Å². The molecule has 2 N–H and O–H groups in total. The highest BCUT2D eigenvalue weighted by Crippen LogP contribution is 2.31. The largest absolute Gasteiger partial charge is 0.478 e. The standard InChI is InChI=1S/C11H13ClN2O4/c1-2-3-4-13-10-8(11(15)16)5-7(14(17)18)6-9(10)12/h5-6,13H,2-4H2,1H3,(H,15,16). The van der Waals surface area contributed by atoms with Crippen molar-refractivity contribution in [3.63, 3.8) is 0 Å². The van der Waals surface area contributed by atoms with Gasteiger partial charge in [0.25, 0.3) is 5.69 Å². The van der Waals surface area contributed by atoms with E-state index in [1.54, 1.807) is 0 Å². The smallest absolute Gasteiger partial charge is 0.338 e. The maximum absolute atomic E-state index is 11.1. The number of anilines is 1. The summed E-state index contributed by atoms with van der Waals surface area (Å²) in [4.78, 5) is 21.0. The first kappa shape index (κ1) is 14.2. The summed E-state index contributed by atoms with van der Waals surface area (Å²) in [5.41, 5.74) is -0.299. The topological polar surface area (TPSA) is 92.5 Å². The Balaban J connectivity index is 3.15. The van der Waals surface area contributed by atoms with Crippen molar-refractivity contribution in [1.29, 1.82) is 0 Å². The number of nitro benzene ring substituents is 1. The number of benzene rings is 1. The van der Waals surface area contributed by atoms with E-state index in [9.17, 15) is 14.9 Å². The van der Waals surface area contributed by atoms with E-state index in [0.29, 0.717) is 6.54 Å². The van der Waals surface area contributed by atoms with Crippen LogP contribution in [0.4, 0.5) is 11.4 Å². The first-order valence-electron chi connectivity index (χ1n) is 5.42. The van der Waals surface area contributed by atoms with Crippen LogP contribution >= 0.6 is 11.6 Å². The molecule has 0 bridgehead atoms. The Labute approximate surface area is 109 Å². The van der Waals surface area contributed by atoms with E-state index in [-0.39, 0.29) is 22.0 Å². The van der Waals surface area contributed by atoms with Gasteiger partial charge in [-0.2, -0.15) is 0 Å². The number of carboxylic acids is 1. The molecule has 18 heavy (non-hydrogen) atoms. The van der Waals surface area contributed by atoms with Crippen molar-refractivity contribution in [2.45, 2.75) is 19.8 Å². The van der Waals surface area contributed by atoms with Crippen LogP contribution in [0.15, 0.2) is 12.1 Å². The lowest BCUT2D eigenvalue weighted by Gasteiger charge is -2.11. The van der Waals surface area contributed by atoms with Gasteiger partial charge in [-0.15, -0.1) is 0 Å². The number of unbranched alkanes of at least 4 members (excludes halogenated alkanes) is 1. The monoisotopic (exact) mass is 272 g/mol. The number of nitro groups is 1. The van der Waals surface area contributed by atoms with Gasteiger partial charge in [0.1, 0.15) is 0 Å². The van der Waals surface area contributed by atoms with E-state index in [0.717, 1.165) is 25.0 Å². The second-order valence-electron chi connectivity index (χ2n) is 3.69. The molecule has 0 radical (unpaired) electrons. The zero-order valence-corrected chi connectivity index (χ0v) is 10.5. The molecule has 0 atom stereocenters. The average molecular weight is 273 g/mol. The molecule has 98 valence electrons. The zero-order valence-electron chi connectivity index (χ0n) is 9.77. The Hall–Kier alpha value is -1.82. The van der Waals surface area contributed by atoms with Crippen molar-refractivity contribution in [2.75, 3.05) is 11.9 Å². The molecule has 0 unspecified atom stereocenters. The average Bonchev–Trinajstić information content (AvgIpc) is 2.30. The third-order valence-corrected chi connectivity index (χ3v) is 2.65. The minimum Gasteiger partial charge on any atom is -0.478 e. The summed E-state index contributed by atoms with van der Waals surface area (Å²) < 4.78 is 0. The number of carboxylic acid groups (broad SMARTS) is 1. The molecule has 0 aliphatic heterocycles. The van der Waals surface area contributed by atoms with E-state index in [1.165, 1.54) is 0 Å². The van der Waals surface area contributed by atoms with Crippen LogP contribution in [0.1, 0.15) is 30.1 Å². The number of non-ortho nitro benzene ring substituents is 1. The minimum absolute atomic E-state index is 0.0395. The molecule has 6 nitrogen and oxygen atoms in total. The summed E-state index contributed by atoms with van der Waals surface area (Å²) in [6.45, 7) is 2.56. The molecule has 0 amide bonds. The number of rotatable bonds is 6. The van der Waals surface area contributed by atoms with Crippen molar-refractivity contribution in [2.24, 2.45) is 0 Å². The molecule has 0 heterocycles. The van der Waals surface area contributed by atoms with Crippen LogP contribution in [0.25, 0.3) is 0 Å². The van der Waals surface area contributed by atoms with Crippen molar-refractivity contribution < 1.29 is 14.8 Å². The maximum Gasteiger partial charge on any atom is 0.338 e. The fraction of sp³-hybridized carbons (Fsp3) is 0.364. The lowest BCUT2D eigenvalue weighted by Crippen LogP contribution is -2.09. The molecule has 1 aromatic carbocycles. The van der Waals surface area contributed by atoms with E-state index < -0.39 is 10.9 Å². The molecule has 0 saturated heterocycles. The van der Waals surface area contributed by atoms with Gasteiger partial charge in [0, 0.05) is 18.7 Å². The molecule has 1 rings (SSSR count). The van der Waals surface area contributed by atoms with Gasteiger partial charge < -0.3 is 10.4 Å². The van der Waals surface area contributed by atoms with Gasteiger partial charge in [0.05, 0.1) is 21.2 Å². The number of hydrogen-bond acceptors (Lipinski definition) is 4. The predicted molar refractivity (Wildman–Crippen MR) is 68.5 cm³/mol. The summed E-state index contributed by atoms with van der Waals surface area (Å²) in [5, 5.41) is 22.6. The quantitative estimate of drug-likeness (QED) is 0.471. The summed E-state index contributed by atoms with van der Waals surface area (Å²) in [5.74, 6) is -1.25. The fourth-order valence-electron chi connectivity index (χ4n) is 1.44. The summed E-state index contributed by atoms with van der Waals surface area (Å²) in [6, 6.07) is 2.14. The molecule has 1 aromatic rings. The number of nitrogens with zero attached hydrogens (tertiary/aromatic N) is 1. The molecule has 0 aromatic heterocycles. The van der Waals surface area contributed by atoms with Gasteiger partial charge in [0.15, 0.2) is 0 Å². The van der Waals surface area contributed by atoms with E-state index >= 15 is 0 Å². The normalized spacial score (nSPS) is 10.1. The van der Waals surface area contributed by atoms with E-state index in [4.69, 9.17) is 16.7 Å². The van der Waals surface area contributed by atoms with Crippen LogP contribution in [0.3, 0.4) is 0 Å². The summed E-state index contributed by atoms with van der Waals surface area (Å²) in [7, 11) is 0. The van der Waals surface area contributed by atoms with Crippen LogP contribution in [0.2, 0.25) is 5.02 Å². The lowest BCUT2D eigenvalue weighted by molar-refractivity contribution is -0.384. The zero-order chi connectivity index (χ0) is 13.7. The number of aromatic carboxylic acids is 1. The van der Waals surface area contributed by atoms with Crippen molar-refractivity contribution in [3.8, 4) is 0 Å². The molecule has 7 heteroatoms. The van der Waals surface area contributed by atoms with Gasteiger partial charge >= 0.3 is 5.97 Å². The number of carbonyl (C=O) groups is 1. The molecule has 0 saturated carbocycles. The Kier molecular flexibility index (Phi) is 4.91. The molecule has 0 aliphatic carbocycles. The van der Waals surface area contributed by atoms with Crippen LogP contribution in [-0.2, 0) is 0 Å². The Morgan fingerprint density at radius 2 is 2.22 bits per heavy atom. The highest BCUT2D eigenvalue weighted by molar-refractivity contribution is 6.34. The Morgan fingerprint density at radius 3 is 2.72 bits per heavy atom. The highest BCUT2D eigenvalue weighted by atomic mass is 35.5. The number of nitrogens with one attached hydrogen (secondary N) is 1. The fourth-order valence-corrected chi connectivity index (χ4v) is 1.72. The molecule has 0 spiro atoms. The van der Waals surface area contributed by atoms with Crippen molar-refractivity contribution in [1.82, 2.24) is 0 Å². The molecule has 0 aliphatic rings. The molecular formula is C11H13ClN2O4. The molecular weight excluding hydrogens is 260 g/mol. The second-order valence-corrected chi connectivity index (χ2v) is 4.10. The Morgan fingerprint density at radius 1 is 1.56 bits per heavy atom. The van der Waals surface area contributed by atoms with Gasteiger partial charge in [-0.25, -0.2) is 4.79 Å². The van der Waals surface area contributed by atoms with Crippen LogP contribution in [0, 0.1) is 10.1 Å². The first-order chi connectivity index (χ1) is 8.47. The number of hydrogen-bond donors (Lipinski definition) is 2. The van der Waals surface area contributed by atoms with Gasteiger partial charge in [0.2, 0.25) is 0 Å². The number of halogens is 1. The van der Waals surface area contributed by atoms with E-state index in [1.807, 2.05) is 6.92 Å². The van der Waals surface area contributed by atoms with E-state index in [2.05, 4.69) is 5.32 Å². The summed E-state index contributed by atoms with van der Waals surface area (Å²) in [6.07, 6.45) is 1.80. The Bertz CT molecular complexity index is 476. The van der Waals surface area contributed by atoms with Crippen LogP contribution in [0.5, 0.6) is 0 Å². The predicted octanol–water partition coefficient (Wildman–Crippen LogP) is 3.16. The second kappa shape index (κ2) is 6.20. The minimum atomic E-state index is -1.25.